The molecule has 1 amide bonds. The highest BCUT2D eigenvalue weighted by atomic mass is 35.5. The first-order valence-electron chi connectivity index (χ1n) is 12.4. The van der Waals surface area contributed by atoms with E-state index in [-0.39, 0.29) is 30.2 Å². The molecule has 10 heteroatoms. The van der Waals surface area contributed by atoms with Crippen LogP contribution < -0.4 is 10.6 Å². The summed E-state index contributed by atoms with van der Waals surface area (Å²) < 4.78 is 15.4. The van der Waals surface area contributed by atoms with E-state index in [4.69, 9.17) is 35.4 Å². The van der Waals surface area contributed by atoms with E-state index in [0.29, 0.717) is 27.4 Å². The first kappa shape index (κ1) is 27.1. The first-order valence-corrected chi connectivity index (χ1v) is 13.6. The van der Waals surface area contributed by atoms with Crippen LogP contribution in [0.1, 0.15) is 41.1 Å². The SMILES string of the molecule is Cc1cc([C@@H]2[C@@H](c3ccccn3)NC(=S)N2CCC(=O)Nc2ccc(F)cc2)c(C)n1-c1ccc(Cl)cc1Cl. The van der Waals surface area contributed by atoms with Crippen LogP contribution in [0.2, 0.25) is 10.0 Å². The van der Waals surface area contributed by atoms with Crippen LogP contribution in [0.5, 0.6) is 0 Å². The van der Waals surface area contributed by atoms with Gasteiger partial charge < -0.3 is 20.1 Å². The summed E-state index contributed by atoms with van der Waals surface area (Å²) in [6.45, 7) is 4.44. The van der Waals surface area contributed by atoms with E-state index in [1.54, 1.807) is 12.3 Å². The second-order valence-electron chi connectivity index (χ2n) is 9.38. The Morgan fingerprint density at radius 1 is 1.10 bits per heavy atom. The molecule has 0 saturated carbocycles. The number of benzene rings is 2. The Morgan fingerprint density at radius 3 is 2.56 bits per heavy atom. The normalized spacial score (nSPS) is 16.8. The number of thiocarbonyl (C=S) groups is 1. The number of anilines is 1. The summed E-state index contributed by atoms with van der Waals surface area (Å²) in [5, 5.41) is 7.91. The average Bonchev–Trinajstić information content (AvgIpc) is 3.39. The highest BCUT2D eigenvalue weighted by Crippen LogP contribution is 2.42. The van der Waals surface area contributed by atoms with Gasteiger partial charge in [-0.3, -0.25) is 9.78 Å². The number of hydrogen-bond acceptors (Lipinski definition) is 3. The van der Waals surface area contributed by atoms with Gasteiger partial charge in [0.15, 0.2) is 5.11 Å². The lowest BCUT2D eigenvalue weighted by Crippen LogP contribution is -2.32. The lowest BCUT2D eigenvalue weighted by Gasteiger charge is -2.28. The van der Waals surface area contributed by atoms with Gasteiger partial charge in [-0.15, -0.1) is 0 Å². The second kappa shape index (κ2) is 11.3. The Bertz CT molecular complexity index is 1530. The highest BCUT2D eigenvalue weighted by Gasteiger charge is 2.41. The number of aryl methyl sites for hydroxylation is 1. The maximum absolute atomic E-state index is 13.3. The molecular weight excluding hydrogens is 556 g/mol. The number of pyridine rings is 1. The molecule has 6 nitrogen and oxygen atoms in total. The number of carbonyl (C=O) groups is 1. The molecule has 2 atom stereocenters. The van der Waals surface area contributed by atoms with E-state index in [1.165, 1.54) is 24.3 Å². The Hall–Kier alpha value is -3.46. The first-order chi connectivity index (χ1) is 18.7. The quantitative estimate of drug-likeness (QED) is 0.231. The van der Waals surface area contributed by atoms with E-state index < -0.39 is 0 Å². The molecule has 2 aromatic heterocycles. The van der Waals surface area contributed by atoms with Crippen molar-refractivity contribution in [2.24, 2.45) is 0 Å². The highest BCUT2D eigenvalue weighted by molar-refractivity contribution is 7.80. The van der Waals surface area contributed by atoms with E-state index in [9.17, 15) is 9.18 Å². The van der Waals surface area contributed by atoms with Crippen LogP contribution in [-0.2, 0) is 4.79 Å². The van der Waals surface area contributed by atoms with Crippen LogP contribution in [-0.4, -0.2) is 32.0 Å². The zero-order chi connectivity index (χ0) is 27.7. The van der Waals surface area contributed by atoms with Crippen molar-refractivity contribution in [1.82, 2.24) is 19.8 Å². The zero-order valence-corrected chi connectivity index (χ0v) is 23.6. The van der Waals surface area contributed by atoms with Crippen molar-refractivity contribution >= 4 is 52.1 Å². The minimum atomic E-state index is -0.359. The molecule has 4 aromatic rings. The molecule has 3 heterocycles. The van der Waals surface area contributed by atoms with Gasteiger partial charge in [0.2, 0.25) is 5.91 Å². The predicted molar refractivity (Wildman–Crippen MR) is 157 cm³/mol. The molecule has 1 saturated heterocycles. The molecule has 0 bridgehead atoms. The van der Waals surface area contributed by atoms with Crippen molar-refractivity contribution in [2.45, 2.75) is 32.4 Å². The van der Waals surface area contributed by atoms with Crippen LogP contribution in [0, 0.1) is 19.7 Å². The predicted octanol–water partition coefficient (Wildman–Crippen LogP) is 6.94. The molecule has 0 spiro atoms. The van der Waals surface area contributed by atoms with E-state index in [1.807, 2.05) is 49.1 Å². The summed E-state index contributed by atoms with van der Waals surface area (Å²) in [5.74, 6) is -0.551. The monoisotopic (exact) mass is 581 g/mol. The van der Waals surface area contributed by atoms with Crippen molar-refractivity contribution in [3.8, 4) is 5.69 Å². The third-order valence-electron chi connectivity index (χ3n) is 6.85. The summed E-state index contributed by atoms with van der Waals surface area (Å²) >= 11 is 18.5. The van der Waals surface area contributed by atoms with Gasteiger partial charge >= 0.3 is 0 Å². The number of halogens is 3. The maximum atomic E-state index is 13.3. The molecule has 0 radical (unpaired) electrons. The Morgan fingerprint density at radius 2 is 1.87 bits per heavy atom. The van der Waals surface area contributed by atoms with Crippen molar-refractivity contribution < 1.29 is 9.18 Å². The smallest absolute Gasteiger partial charge is 0.226 e. The zero-order valence-electron chi connectivity index (χ0n) is 21.3. The lowest BCUT2D eigenvalue weighted by atomic mass is 9.96. The molecule has 0 unspecified atom stereocenters. The summed E-state index contributed by atoms with van der Waals surface area (Å²) in [7, 11) is 0. The van der Waals surface area contributed by atoms with Crippen LogP contribution in [0.3, 0.4) is 0 Å². The summed E-state index contributed by atoms with van der Waals surface area (Å²) in [6, 6.07) is 18.6. The maximum Gasteiger partial charge on any atom is 0.226 e. The summed E-state index contributed by atoms with van der Waals surface area (Å²) in [4.78, 5) is 19.4. The van der Waals surface area contributed by atoms with Crippen LogP contribution in [0.15, 0.2) is 72.9 Å². The molecular formula is C29H26Cl2FN5OS. The third-order valence-corrected chi connectivity index (χ3v) is 7.74. The van der Waals surface area contributed by atoms with Gasteiger partial charge in [0.1, 0.15) is 5.82 Å². The molecule has 1 aliphatic heterocycles. The topological polar surface area (TPSA) is 62.2 Å². The van der Waals surface area contributed by atoms with Crippen molar-refractivity contribution in [2.75, 3.05) is 11.9 Å². The van der Waals surface area contributed by atoms with E-state index in [2.05, 4.69) is 26.3 Å². The average molecular weight is 583 g/mol. The third kappa shape index (κ3) is 5.64. The molecule has 2 aromatic carbocycles. The molecule has 0 aliphatic carbocycles. The fourth-order valence-corrected chi connectivity index (χ4v) is 5.91. The number of amides is 1. The number of nitrogens with zero attached hydrogens (tertiary/aromatic N) is 3. The number of aromatic nitrogens is 2. The standard InChI is InChI=1S/C29H26Cl2FN5OS/c1-17-15-22(18(2)37(17)25-11-6-19(30)16-23(25)31)28-27(24-5-3-4-13-33-24)35-29(39)36(28)14-12-26(38)34-21-9-7-20(32)8-10-21/h3-11,13,15-16,27-28H,12,14H2,1-2H3,(H,34,38)(H,35,39)/t27-,28-/m1/s1. The van der Waals surface area contributed by atoms with E-state index >= 15 is 0 Å². The number of nitrogens with one attached hydrogen (secondary N) is 2. The summed E-state index contributed by atoms with van der Waals surface area (Å²) in [5.41, 5.74) is 5.25. The number of rotatable bonds is 7. The van der Waals surface area contributed by atoms with Crippen molar-refractivity contribution in [3.05, 3.63) is 111 Å². The van der Waals surface area contributed by atoms with Gasteiger partial charge in [0, 0.05) is 41.3 Å². The van der Waals surface area contributed by atoms with Gasteiger partial charge in [-0.2, -0.15) is 0 Å². The molecule has 39 heavy (non-hydrogen) atoms. The molecule has 2 N–H and O–H groups in total. The largest absolute Gasteiger partial charge is 0.352 e. The van der Waals surface area contributed by atoms with Crippen molar-refractivity contribution in [3.63, 3.8) is 0 Å². The number of carbonyl (C=O) groups excluding carboxylic acids is 1. The second-order valence-corrected chi connectivity index (χ2v) is 10.6. The number of hydrogen-bond donors (Lipinski definition) is 2. The molecule has 200 valence electrons. The summed E-state index contributed by atoms with van der Waals surface area (Å²) in [6.07, 6.45) is 1.94. The van der Waals surface area contributed by atoms with Gasteiger partial charge in [-0.25, -0.2) is 4.39 Å². The lowest BCUT2D eigenvalue weighted by molar-refractivity contribution is -0.116. The van der Waals surface area contributed by atoms with Crippen LogP contribution >= 0.6 is 35.4 Å². The Kier molecular flexibility index (Phi) is 7.88. The Labute approximate surface area is 241 Å². The molecule has 1 aliphatic rings. The molecule has 5 rings (SSSR count). The fourth-order valence-electron chi connectivity index (χ4n) is 5.08. The van der Waals surface area contributed by atoms with Crippen LogP contribution in [0.25, 0.3) is 5.69 Å². The minimum Gasteiger partial charge on any atom is -0.352 e. The van der Waals surface area contributed by atoms with E-state index in [0.717, 1.165) is 28.3 Å². The molecule has 1 fully saturated rings. The van der Waals surface area contributed by atoms with Gasteiger partial charge in [-0.1, -0.05) is 29.3 Å². The Balaban J connectivity index is 1.48. The van der Waals surface area contributed by atoms with Gasteiger partial charge in [0.05, 0.1) is 28.5 Å². The van der Waals surface area contributed by atoms with Crippen LogP contribution in [0.4, 0.5) is 10.1 Å². The van der Waals surface area contributed by atoms with Gasteiger partial charge in [0.25, 0.3) is 0 Å². The minimum absolute atomic E-state index is 0.187. The fraction of sp³-hybridized carbons (Fsp3) is 0.207. The van der Waals surface area contributed by atoms with Gasteiger partial charge in [-0.05, 0) is 92.3 Å². The van der Waals surface area contributed by atoms with Crippen molar-refractivity contribution in [1.29, 1.82) is 0 Å².